The number of benzene rings is 2. The van der Waals surface area contributed by atoms with Crippen LogP contribution in [-0.2, 0) is 12.0 Å². The van der Waals surface area contributed by atoms with Crippen molar-refractivity contribution in [3.05, 3.63) is 69.7 Å². The number of para-hydroxylation sites is 2. The summed E-state index contributed by atoms with van der Waals surface area (Å²) in [4.78, 5) is 17.7. The third kappa shape index (κ3) is 5.15. The van der Waals surface area contributed by atoms with Crippen LogP contribution in [0.3, 0.4) is 0 Å². The standard InChI is InChI=1S/C23H26N2O3S/c1-15-21(22(26)25-18-8-6-7-9-19(18)27-5)29-20(24-15)14-28-17-12-10-16(11-13-17)23(2,3)4/h6-13H,14H2,1-5H3,(H,25,26). The first kappa shape index (κ1) is 20.9. The lowest BCUT2D eigenvalue weighted by Crippen LogP contribution is -2.12. The van der Waals surface area contributed by atoms with Crippen LogP contribution in [0.15, 0.2) is 48.5 Å². The summed E-state index contributed by atoms with van der Waals surface area (Å²) >= 11 is 1.34. The van der Waals surface area contributed by atoms with Crippen molar-refractivity contribution in [2.45, 2.75) is 39.7 Å². The molecule has 1 N–H and O–H groups in total. The third-order valence-corrected chi connectivity index (χ3v) is 5.61. The number of hydrogen-bond acceptors (Lipinski definition) is 5. The minimum Gasteiger partial charge on any atom is -0.495 e. The molecule has 0 aliphatic carbocycles. The molecular weight excluding hydrogens is 384 g/mol. The number of carbonyl (C=O) groups excluding carboxylic acids is 1. The molecule has 152 valence electrons. The van der Waals surface area contributed by atoms with Gasteiger partial charge in [-0.1, -0.05) is 45.0 Å². The van der Waals surface area contributed by atoms with Gasteiger partial charge in [-0.25, -0.2) is 4.98 Å². The van der Waals surface area contributed by atoms with E-state index in [1.165, 1.54) is 16.9 Å². The second kappa shape index (κ2) is 8.66. The van der Waals surface area contributed by atoms with Gasteiger partial charge < -0.3 is 14.8 Å². The van der Waals surface area contributed by atoms with Crippen molar-refractivity contribution in [1.82, 2.24) is 4.98 Å². The summed E-state index contributed by atoms with van der Waals surface area (Å²) in [5.74, 6) is 1.20. The molecule has 0 atom stereocenters. The van der Waals surface area contributed by atoms with Crippen LogP contribution in [0, 0.1) is 6.92 Å². The Morgan fingerprint density at radius 2 is 1.79 bits per heavy atom. The molecule has 1 heterocycles. The molecule has 5 nitrogen and oxygen atoms in total. The van der Waals surface area contributed by atoms with E-state index in [1.807, 2.05) is 31.2 Å². The second-order valence-corrected chi connectivity index (χ2v) is 8.82. The molecule has 0 radical (unpaired) electrons. The number of hydrogen-bond donors (Lipinski definition) is 1. The van der Waals surface area contributed by atoms with Crippen LogP contribution in [0.1, 0.15) is 46.7 Å². The molecule has 0 spiro atoms. The van der Waals surface area contributed by atoms with E-state index in [0.717, 1.165) is 10.8 Å². The van der Waals surface area contributed by atoms with E-state index in [2.05, 4.69) is 43.2 Å². The lowest BCUT2D eigenvalue weighted by molar-refractivity contribution is 0.102. The number of rotatable bonds is 6. The van der Waals surface area contributed by atoms with Gasteiger partial charge in [0.25, 0.3) is 5.91 Å². The van der Waals surface area contributed by atoms with Crippen LogP contribution in [0.25, 0.3) is 0 Å². The van der Waals surface area contributed by atoms with Crippen molar-refractivity contribution in [3.8, 4) is 11.5 Å². The number of aromatic nitrogens is 1. The predicted octanol–water partition coefficient (Wildman–Crippen LogP) is 5.59. The Bertz CT molecular complexity index is 988. The maximum atomic E-state index is 12.7. The molecular formula is C23H26N2O3S. The minimum absolute atomic E-state index is 0.106. The number of nitrogens with one attached hydrogen (secondary N) is 1. The second-order valence-electron chi connectivity index (χ2n) is 7.74. The van der Waals surface area contributed by atoms with Crippen molar-refractivity contribution in [2.75, 3.05) is 12.4 Å². The van der Waals surface area contributed by atoms with Crippen molar-refractivity contribution in [3.63, 3.8) is 0 Å². The monoisotopic (exact) mass is 410 g/mol. The fraction of sp³-hybridized carbons (Fsp3) is 0.304. The highest BCUT2D eigenvalue weighted by Crippen LogP contribution is 2.27. The highest BCUT2D eigenvalue weighted by atomic mass is 32.1. The van der Waals surface area contributed by atoms with Crippen LogP contribution in [0.5, 0.6) is 11.5 Å². The number of thiazole rings is 1. The van der Waals surface area contributed by atoms with Gasteiger partial charge in [-0.15, -0.1) is 11.3 Å². The van der Waals surface area contributed by atoms with Gasteiger partial charge in [0.05, 0.1) is 18.5 Å². The summed E-state index contributed by atoms with van der Waals surface area (Å²) in [5.41, 5.74) is 2.67. The maximum absolute atomic E-state index is 12.7. The van der Waals surface area contributed by atoms with E-state index < -0.39 is 0 Å². The Morgan fingerprint density at radius 1 is 1.10 bits per heavy atom. The zero-order valence-electron chi connectivity index (χ0n) is 17.4. The Balaban J connectivity index is 1.66. The molecule has 0 unspecified atom stereocenters. The molecule has 2 aromatic carbocycles. The number of anilines is 1. The summed E-state index contributed by atoms with van der Waals surface area (Å²) in [7, 11) is 1.58. The van der Waals surface area contributed by atoms with Gasteiger partial charge in [-0.3, -0.25) is 4.79 Å². The Morgan fingerprint density at radius 3 is 2.45 bits per heavy atom. The van der Waals surface area contributed by atoms with Gasteiger partial charge in [-0.05, 0) is 42.2 Å². The molecule has 0 saturated heterocycles. The molecule has 1 amide bonds. The van der Waals surface area contributed by atoms with E-state index >= 15 is 0 Å². The number of nitrogens with zero attached hydrogens (tertiary/aromatic N) is 1. The Hall–Kier alpha value is -2.86. The van der Waals surface area contributed by atoms with Gasteiger partial charge in [0.1, 0.15) is 28.0 Å². The van der Waals surface area contributed by atoms with Crippen LogP contribution in [0.4, 0.5) is 5.69 Å². The normalized spacial score (nSPS) is 11.2. The first-order valence-corrected chi connectivity index (χ1v) is 10.2. The SMILES string of the molecule is COc1ccccc1NC(=O)c1sc(COc2ccc(C(C)(C)C)cc2)nc1C. The first-order valence-electron chi connectivity index (χ1n) is 9.42. The van der Waals surface area contributed by atoms with Crippen molar-refractivity contribution in [1.29, 1.82) is 0 Å². The average molecular weight is 411 g/mol. The quantitative estimate of drug-likeness (QED) is 0.575. The molecule has 0 aliphatic rings. The van der Waals surface area contributed by atoms with E-state index in [1.54, 1.807) is 19.2 Å². The first-order chi connectivity index (χ1) is 13.8. The van der Waals surface area contributed by atoms with Gasteiger partial charge in [0.2, 0.25) is 0 Å². The average Bonchev–Trinajstić information content (AvgIpc) is 3.07. The Kier molecular flexibility index (Phi) is 6.23. The molecule has 0 saturated carbocycles. The molecule has 3 aromatic rings. The molecule has 3 rings (SSSR count). The summed E-state index contributed by atoms with van der Waals surface area (Å²) < 4.78 is 11.1. The third-order valence-electron chi connectivity index (χ3n) is 4.48. The van der Waals surface area contributed by atoms with Crippen LogP contribution < -0.4 is 14.8 Å². The van der Waals surface area contributed by atoms with E-state index in [4.69, 9.17) is 9.47 Å². The lowest BCUT2D eigenvalue weighted by atomic mass is 9.87. The van der Waals surface area contributed by atoms with Crippen LogP contribution in [0.2, 0.25) is 0 Å². The predicted molar refractivity (Wildman–Crippen MR) is 117 cm³/mol. The molecule has 1 aromatic heterocycles. The number of carbonyl (C=O) groups is 1. The molecule has 29 heavy (non-hydrogen) atoms. The van der Waals surface area contributed by atoms with Gasteiger partial charge >= 0.3 is 0 Å². The molecule has 0 fully saturated rings. The van der Waals surface area contributed by atoms with Crippen LogP contribution in [-0.4, -0.2) is 18.0 Å². The van der Waals surface area contributed by atoms with Gasteiger partial charge in [0, 0.05) is 0 Å². The largest absolute Gasteiger partial charge is 0.495 e. The topological polar surface area (TPSA) is 60.5 Å². The number of ether oxygens (including phenoxy) is 2. The number of aryl methyl sites for hydroxylation is 1. The van der Waals surface area contributed by atoms with Crippen LogP contribution >= 0.6 is 11.3 Å². The van der Waals surface area contributed by atoms with Crippen molar-refractivity contribution >= 4 is 22.9 Å². The fourth-order valence-electron chi connectivity index (χ4n) is 2.85. The fourth-order valence-corrected chi connectivity index (χ4v) is 3.72. The number of methoxy groups -OCH3 is 1. The van der Waals surface area contributed by atoms with E-state index in [0.29, 0.717) is 28.6 Å². The summed E-state index contributed by atoms with van der Waals surface area (Å²) in [6.07, 6.45) is 0. The zero-order chi connectivity index (χ0) is 21.0. The van der Waals surface area contributed by atoms with E-state index in [-0.39, 0.29) is 11.3 Å². The summed E-state index contributed by atoms with van der Waals surface area (Å²) in [5, 5.41) is 3.65. The smallest absolute Gasteiger partial charge is 0.267 e. The zero-order valence-corrected chi connectivity index (χ0v) is 18.2. The van der Waals surface area contributed by atoms with Gasteiger partial charge in [-0.2, -0.15) is 0 Å². The van der Waals surface area contributed by atoms with E-state index in [9.17, 15) is 4.79 Å². The minimum atomic E-state index is -0.203. The Labute approximate surface area is 175 Å². The highest BCUT2D eigenvalue weighted by Gasteiger charge is 2.17. The molecule has 0 aliphatic heterocycles. The van der Waals surface area contributed by atoms with Crippen molar-refractivity contribution in [2.24, 2.45) is 0 Å². The summed E-state index contributed by atoms with van der Waals surface area (Å²) in [6, 6.07) is 15.4. The van der Waals surface area contributed by atoms with Crippen molar-refractivity contribution < 1.29 is 14.3 Å². The summed E-state index contributed by atoms with van der Waals surface area (Å²) in [6.45, 7) is 8.69. The lowest BCUT2D eigenvalue weighted by Gasteiger charge is -2.19. The molecule has 0 bridgehead atoms. The number of amides is 1. The van der Waals surface area contributed by atoms with Gasteiger partial charge in [0.15, 0.2) is 0 Å². The highest BCUT2D eigenvalue weighted by molar-refractivity contribution is 7.13. The molecule has 6 heteroatoms. The maximum Gasteiger partial charge on any atom is 0.267 e.